The summed E-state index contributed by atoms with van der Waals surface area (Å²) >= 11 is 0. The van der Waals surface area contributed by atoms with E-state index in [1.54, 1.807) is 0 Å². The molecular weight excluding hydrogens is 124 g/mol. The van der Waals surface area contributed by atoms with Crippen LogP contribution in [0.1, 0.15) is 0 Å². The van der Waals surface area contributed by atoms with Gasteiger partial charge in [-0.3, -0.25) is 0 Å². The minimum Gasteiger partial charge on any atom is -0.388 e. The van der Waals surface area contributed by atoms with Gasteiger partial charge in [0.15, 0.2) is 6.61 Å². The van der Waals surface area contributed by atoms with E-state index in [2.05, 4.69) is 11.3 Å². The largest absolute Gasteiger partial charge is 0.388 e. The molecule has 0 aromatic rings. The zero-order chi connectivity index (χ0) is 6.85. The van der Waals surface area contributed by atoms with Gasteiger partial charge in [-0.1, -0.05) is 0 Å². The number of aliphatic hydroxyl groups is 3. The Kier molecular flexibility index (Phi) is 2.02. The van der Waals surface area contributed by atoms with Gasteiger partial charge in [-0.15, -0.1) is 0 Å². The topological polar surface area (TPSA) is 69.9 Å². The van der Waals surface area contributed by atoms with E-state index in [0.29, 0.717) is 0 Å². The fourth-order valence-electron chi connectivity index (χ4n) is 0.598. The molecule has 1 heterocycles. The molecule has 3 N–H and O–H groups in total. The highest BCUT2D eigenvalue weighted by Crippen LogP contribution is 2.10. The lowest BCUT2D eigenvalue weighted by atomic mass is 10.1. The third-order valence-corrected chi connectivity index (χ3v) is 1.18. The summed E-state index contributed by atoms with van der Waals surface area (Å²) in [5.41, 5.74) is 0. The number of aliphatic hydroxyl groups excluding tert-OH is 3. The summed E-state index contributed by atoms with van der Waals surface area (Å²) in [6.07, 6.45) is -3.34. The third-order valence-electron chi connectivity index (χ3n) is 1.18. The van der Waals surface area contributed by atoms with Crippen molar-refractivity contribution in [3.63, 3.8) is 0 Å². The Morgan fingerprint density at radius 3 is 2.44 bits per heavy atom. The second-order valence-corrected chi connectivity index (χ2v) is 1.93. The predicted molar refractivity (Wildman–Crippen MR) is 27.2 cm³/mol. The summed E-state index contributed by atoms with van der Waals surface area (Å²) in [5.74, 6) is 0. The van der Waals surface area contributed by atoms with Gasteiger partial charge in [0.1, 0.15) is 18.3 Å². The van der Waals surface area contributed by atoms with Crippen LogP contribution in [0, 0.1) is 6.61 Å². The van der Waals surface area contributed by atoms with Crippen LogP contribution in [-0.4, -0.2) is 40.2 Å². The van der Waals surface area contributed by atoms with E-state index in [9.17, 15) is 0 Å². The molecule has 0 aromatic heterocycles. The molecule has 2 radical (unpaired) electrons. The molecule has 1 aliphatic heterocycles. The standard InChI is InChI=1S/C5H8O4/c6-3-1-9-2-4(7)5(3)8/h3-8H,1H2. The van der Waals surface area contributed by atoms with Crippen molar-refractivity contribution in [2.45, 2.75) is 18.3 Å². The van der Waals surface area contributed by atoms with Crippen LogP contribution in [0.3, 0.4) is 0 Å². The first-order valence-electron chi connectivity index (χ1n) is 2.63. The van der Waals surface area contributed by atoms with Crippen LogP contribution < -0.4 is 0 Å². The molecule has 1 rings (SSSR count). The first-order valence-corrected chi connectivity index (χ1v) is 2.63. The van der Waals surface area contributed by atoms with Gasteiger partial charge in [0.2, 0.25) is 0 Å². The summed E-state index contributed by atoms with van der Waals surface area (Å²) in [7, 11) is 0. The van der Waals surface area contributed by atoms with E-state index in [1.165, 1.54) is 0 Å². The maximum absolute atomic E-state index is 8.80. The molecule has 0 spiro atoms. The van der Waals surface area contributed by atoms with Gasteiger partial charge >= 0.3 is 0 Å². The highest BCUT2D eigenvalue weighted by atomic mass is 16.5. The number of rotatable bonds is 0. The van der Waals surface area contributed by atoms with E-state index in [-0.39, 0.29) is 6.61 Å². The molecule has 3 atom stereocenters. The molecule has 4 nitrogen and oxygen atoms in total. The average Bonchev–Trinajstić information content (AvgIpc) is 1.83. The SMILES string of the molecule is OC1[C]OCC(O)C1O. The first kappa shape index (κ1) is 6.95. The molecule has 4 heteroatoms. The fourth-order valence-corrected chi connectivity index (χ4v) is 0.598. The summed E-state index contributed by atoms with van der Waals surface area (Å²) in [6.45, 7) is 2.11. The Hall–Kier alpha value is -0.160. The van der Waals surface area contributed by atoms with Crippen LogP contribution in [-0.2, 0) is 4.74 Å². The van der Waals surface area contributed by atoms with Gasteiger partial charge in [-0.05, 0) is 0 Å². The van der Waals surface area contributed by atoms with Gasteiger partial charge in [-0.2, -0.15) is 0 Å². The number of hydrogen-bond donors (Lipinski definition) is 3. The van der Waals surface area contributed by atoms with Crippen LogP contribution in [0.5, 0.6) is 0 Å². The first-order chi connectivity index (χ1) is 4.22. The van der Waals surface area contributed by atoms with Crippen LogP contribution in [0.15, 0.2) is 0 Å². The summed E-state index contributed by atoms with van der Waals surface area (Å²) in [6, 6.07) is 0. The van der Waals surface area contributed by atoms with Crippen molar-refractivity contribution in [2.75, 3.05) is 6.61 Å². The number of ether oxygens (including phenoxy) is 1. The lowest BCUT2D eigenvalue weighted by Gasteiger charge is -2.26. The zero-order valence-corrected chi connectivity index (χ0v) is 4.69. The highest BCUT2D eigenvalue weighted by Gasteiger charge is 2.30. The van der Waals surface area contributed by atoms with Crippen LogP contribution in [0.25, 0.3) is 0 Å². The van der Waals surface area contributed by atoms with Crippen molar-refractivity contribution in [1.29, 1.82) is 0 Å². The third kappa shape index (κ3) is 1.40. The van der Waals surface area contributed by atoms with Crippen LogP contribution in [0.4, 0.5) is 0 Å². The summed E-state index contributed by atoms with van der Waals surface area (Å²) < 4.78 is 4.45. The molecular formula is C5H8O4. The smallest absolute Gasteiger partial charge is 0.166 e. The van der Waals surface area contributed by atoms with Crippen molar-refractivity contribution >= 4 is 0 Å². The van der Waals surface area contributed by atoms with Gasteiger partial charge in [0.05, 0.1) is 6.61 Å². The molecule has 1 saturated heterocycles. The second-order valence-electron chi connectivity index (χ2n) is 1.93. The van der Waals surface area contributed by atoms with Crippen molar-refractivity contribution in [3.8, 4) is 0 Å². The Labute approximate surface area is 52.7 Å². The van der Waals surface area contributed by atoms with Crippen LogP contribution >= 0.6 is 0 Å². The van der Waals surface area contributed by atoms with E-state index in [0.717, 1.165) is 0 Å². The lowest BCUT2D eigenvalue weighted by molar-refractivity contribution is -0.124. The van der Waals surface area contributed by atoms with E-state index < -0.39 is 18.3 Å². The molecule has 1 aliphatic rings. The molecule has 0 aliphatic carbocycles. The van der Waals surface area contributed by atoms with E-state index in [4.69, 9.17) is 15.3 Å². The van der Waals surface area contributed by atoms with Crippen molar-refractivity contribution < 1.29 is 20.1 Å². The van der Waals surface area contributed by atoms with Gasteiger partial charge in [0, 0.05) is 0 Å². The maximum Gasteiger partial charge on any atom is 0.166 e. The van der Waals surface area contributed by atoms with Gasteiger partial charge < -0.3 is 20.1 Å². The van der Waals surface area contributed by atoms with Crippen molar-refractivity contribution in [3.05, 3.63) is 6.61 Å². The minimum atomic E-state index is -1.19. The molecule has 52 valence electrons. The van der Waals surface area contributed by atoms with Gasteiger partial charge in [0.25, 0.3) is 0 Å². The van der Waals surface area contributed by atoms with E-state index in [1.807, 2.05) is 0 Å². The highest BCUT2D eigenvalue weighted by molar-refractivity contribution is 4.85. The Morgan fingerprint density at radius 2 is 2.00 bits per heavy atom. The molecule has 3 unspecified atom stereocenters. The molecule has 0 amide bonds. The van der Waals surface area contributed by atoms with Gasteiger partial charge in [-0.25, -0.2) is 0 Å². The van der Waals surface area contributed by atoms with Crippen LogP contribution in [0.2, 0.25) is 0 Å². The molecule has 0 bridgehead atoms. The molecule has 9 heavy (non-hydrogen) atoms. The Balaban J connectivity index is 2.41. The second kappa shape index (κ2) is 2.62. The number of hydrogen-bond acceptors (Lipinski definition) is 4. The predicted octanol–water partition coefficient (Wildman–Crippen LogP) is -1.86. The average molecular weight is 132 g/mol. The zero-order valence-electron chi connectivity index (χ0n) is 4.69. The van der Waals surface area contributed by atoms with Crippen molar-refractivity contribution in [2.24, 2.45) is 0 Å². The Morgan fingerprint density at radius 1 is 1.33 bits per heavy atom. The molecule has 1 fully saturated rings. The summed E-state index contributed by atoms with van der Waals surface area (Å²) in [4.78, 5) is 0. The normalized spacial score (nSPS) is 45.0. The fraction of sp³-hybridized carbons (Fsp3) is 0.800. The minimum absolute atomic E-state index is 0.00176. The lowest BCUT2D eigenvalue weighted by Crippen LogP contribution is -2.44. The summed E-state index contributed by atoms with van der Waals surface area (Å²) in [5, 5.41) is 26.3. The monoisotopic (exact) mass is 132 g/mol. The molecule has 0 aromatic carbocycles. The van der Waals surface area contributed by atoms with E-state index >= 15 is 0 Å². The Bertz CT molecular complexity index is 85.0. The maximum atomic E-state index is 8.80. The van der Waals surface area contributed by atoms with Crippen molar-refractivity contribution in [1.82, 2.24) is 0 Å². The molecule has 0 saturated carbocycles. The quantitative estimate of drug-likeness (QED) is 0.361.